The van der Waals surface area contributed by atoms with E-state index >= 15 is 0 Å². The summed E-state index contributed by atoms with van der Waals surface area (Å²) >= 11 is 0. The van der Waals surface area contributed by atoms with E-state index < -0.39 is 66.8 Å². The van der Waals surface area contributed by atoms with Crippen LogP contribution in [0.2, 0.25) is 0 Å². The van der Waals surface area contributed by atoms with Gasteiger partial charge in [-0.25, -0.2) is 4.79 Å². The number of aliphatic hydroxyl groups excluding tert-OH is 1. The fourth-order valence-electron chi connectivity index (χ4n) is 2.33. The number of hydrogen-bond donors (Lipinski definition) is 8. The van der Waals surface area contributed by atoms with Crippen LogP contribution in [0.3, 0.4) is 0 Å². The molecule has 0 spiro atoms. The molecule has 13 nitrogen and oxygen atoms in total. The van der Waals surface area contributed by atoms with Gasteiger partial charge in [0.25, 0.3) is 0 Å². The molecule has 13 heteroatoms. The maximum absolute atomic E-state index is 12.5. The van der Waals surface area contributed by atoms with Gasteiger partial charge in [-0.3, -0.25) is 19.2 Å². The average molecular weight is 418 g/mol. The summed E-state index contributed by atoms with van der Waals surface area (Å²) in [7, 11) is 0. The van der Waals surface area contributed by atoms with Gasteiger partial charge in [-0.2, -0.15) is 0 Å². The van der Waals surface area contributed by atoms with Crippen molar-refractivity contribution in [1.29, 1.82) is 0 Å². The highest BCUT2D eigenvalue weighted by molar-refractivity contribution is 5.94. The van der Waals surface area contributed by atoms with E-state index in [1.54, 1.807) is 0 Å². The molecule has 0 saturated heterocycles. The summed E-state index contributed by atoms with van der Waals surface area (Å²) in [6.45, 7) is 1.19. The van der Waals surface area contributed by atoms with Crippen LogP contribution < -0.4 is 33.2 Å². The van der Waals surface area contributed by atoms with Crippen molar-refractivity contribution in [3.8, 4) is 0 Å². The summed E-state index contributed by atoms with van der Waals surface area (Å²) in [5, 5.41) is 25.6. The first kappa shape index (κ1) is 26.2. The molecular weight excluding hydrogens is 388 g/mol. The van der Waals surface area contributed by atoms with E-state index in [2.05, 4.69) is 16.0 Å². The molecule has 0 aromatic heterocycles. The van der Waals surface area contributed by atoms with Crippen molar-refractivity contribution >= 4 is 29.6 Å². The van der Waals surface area contributed by atoms with Crippen molar-refractivity contribution in [2.24, 2.45) is 17.2 Å². The molecule has 0 fully saturated rings. The van der Waals surface area contributed by atoms with Crippen molar-refractivity contribution in [1.82, 2.24) is 16.0 Å². The second kappa shape index (κ2) is 13.4. The molecule has 4 amide bonds. The lowest BCUT2D eigenvalue weighted by Crippen LogP contribution is -2.58. The topological polar surface area (TPSA) is 240 Å². The van der Waals surface area contributed by atoms with E-state index in [0.717, 1.165) is 0 Å². The van der Waals surface area contributed by atoms with Gasteiger partial charge in [0.05, 0.1) is 19.1 Å². The molecular formula is C16H30N6O7. The Morgan fingerprint density at radius 1 is 0.931 bits per heavy atom. The fourth-order valence-corrected chi connectivity index (χ4v) is 2.33. The minimum atomic E-state index is -1.57. The predicted molar refractivity (Wildman–Crippen MR) is 101 cm³/mol. The lowest BCUT2D eigenvalue weighted by molar-refractivity contribution is -0.144. The zero-order valence-electron chi connectivity index (χ0n) is 16.2. The molecule has 0 radical (unpaired) electrons. The number of carboxylic acid groups (broad SMARTS) is 1. The fraction of sp³-hybridized carbons (Fsp3) is 0.688. The number of hydrogen-bond acceptors (Lipinski definition) is 8. The molecule has 29 heavy (non-hydrogen) atoms. The summed E-state index contributed by atoms with van der Waals surface area (Å²) in [6.07, 6.45) is -0.855. The Kier molecular flexibility index (Phi) is 12.1. The standard InChI is InChI=1S/C16H30N6O7/c1-8(23)13(22-12(25)7-18)15(27)20-9(4-2-3-5-17)14(26)21-10(16(28)29)6-11(19)24/h8-10,13,23H,2-7,17-18H2,1H3,(H2,19,24)(H,20,27)(H,21,26)(H,22,25)(H,28,29). The Morgan fingerprint density at radius 3 is 1.97 bits per heavy atom. The Hall–Kier alpha value is -2.77. The van der Waals surface area contributed by atoms with Crippen molar-refractivity contribution in [2.45, 2.75) is 56.8 Å². The molecule has 11 N–H and O–H groups in total. The molecule has 0 rings (SSSR count). The first-order valence-corrected chi connectivity index (χ1v) is 9.02. The molecule has 0 aliphatic rings. The lowest BCUT2D eigenvalue weighted by Gasteiger charge is -2.25. The molecule has 0 aliphatic heterocycles. The van der Waals surface area contributed by atoms with Crippen LogP contribution in [0.15, 0.2) is 0 Å². The summed E-state index contributed by atoms with van der Waals surface area (Å²) in [5.74, 6) is -4.82. The van der Waals surface area contributed by atoms with Gasteiger partial charge in [0, 0.05) is 0 Å². The maximum Gasteiger partial charge on any atom is 0.326 e. The highest BCUT2D eigenvalue weighted by Gasteiger charge is 2.31. The zero-order chi connectivity index (χ0) is 22.6. The third-order valence-electron chi connectivity index (χ3n) is 3.87. The predicted octanol–water partition coefficient (Wildman–Crippen LogP) is -4.13. The van der Waals surface area contributed by atoms with Crippen molar-refractivity contribution in [3.63, 3.8) is 0 Å². The highest BCUT2D eigenvalue weighted by Crippen LogP contribution is 2.04. The molecule has 0 aromatic rings. The van der Waals surface area contributed by atoms with Gasteiger partial charge in [0.2, 0.25) is 23.6 Å². The van der Waals surface area contributed by atoms with Crippen molar-refractivity contribution in [3.05, 3.63) is 0 Å². The second-order valence-electron chi connectivity index (χ2n) is 6.41. The Morgan fingerprint density at radius 2 is 1.52 bits per heavy atom. The first-order valence-electron chi connectivity index (χ1n) is 9.02. The van der Waals surface area contributed by atoms with Gasteiger partial charge in [0.1, 0.15) is 18.1 Å². The van der Waals surface area contributed by atoms with Gasteiger partial charge in [-0.15, -0.1) is 0 Å². The maximum atomic E-state index is 12.5. The number of primary amides is 1. The summed E-state index contributed by atoms with van der Waals surface area (Å²) < 4.78 is 0. The summed E-state index contributed by atoms with van der Waals surface area (Å²) in [4.78, 5) is 58.6. The number of rotatable bonds is 14. The van der Waals surface area contributed by atoms with E-state index in [1.807, 2.05) is 0 Å². The number of amides is 4. The van der Waals surface area contributed by atoms with E-state index in [9.17, 15) is 29.1 Å². The molecule has 166 valence electrons. The number of carbonyl (C=O) groups excluding carboxylic acids is 4. The molecule has 0 aliphatic carbocycles. The van der Waals surface area contributed by atoms with Crippen LogP contribution in [0.1, 0.15) is 32.6 Å². The zero-order valence-corrected chi connectivity index (χ0v) is 16.2. The van der Waals surface area contributed by atoms with Gasteiger partial charge >= 0.3 is 5.97 Å². The van der Waals surface area contributed by atoms with Crippen LogP contribution in [-0.4, -0.2) is 77.1 Å². The van der Waals surface area contributed by atoms with Gasteiger partial charge in [-0.05, 0) is 32.7 Å². The SMILES string of the molecule is CC(O)C(NC(=O)CN)C(=O)NC(CCCCN)C(=O)NC(CC(N)=O)C(=O)O. The molecule has 0 heterocycles. The van der Waals surface area contributed by atoms with Crippen LogP contribution in [0.5, 0.6) is 0 Å². The molecule has 0 bridgehead atoms. The van der Waals surface area contributed by atoms with Gasteiger partial charge in [-0.1, -0.05) is 0 Å². The summed E-state index contributed by atoms with van der Waals surface area (Å²) in [5.41, 5.74) is 15.6. The lowest BCUT2D eigenvalue weighted by atomic mass is 10.1. The van der Waals surface area contributed by atoms with Crippen molar-refractivity contribution < 1.29 is 34.2 Å². The number of nitrogens with two attached hydrogens (primary N) is 3. The monoisotopic (exact) mass is 418 g/mol. The third kappa shape index (κ3) is 10.4. The number of carbonyl (C=O) groups is 5. The molecule has 0 aromatic carbocycles. The van der Waals surface area contributed by atoms with E-state index in [4.69, 9.17) is 22.3 Å². The summed E-state index contributed by atoms with van der Waals surface area (Å²) in [6, 6.07) is -4.14. The van der Waals surface area contributed by atoms with Crippen LogP contribution in [0, 0.1) is 0 Å². The second-order valence-corrected chi connectivity index (χ2v) is 6.41. The Labute approximate surface area is 167 Å². The largest absolute Gasteiger partial charge is 0.480 e. The number of carboxylic acids is 1. The minimum absolute atomic E-state index is 0.106. The number of aliphatic carboxylic acids is 1. The van der Waals surface area contributed by atoms with Crippen molar-refractivity contribution in [2.75, 3.05) is 13.1 Å². The minimum Gasteiger partial charge on any atom is -0.480 e. The van der Waals surface area contributed by atoms with E-state index in [-0.39, 0.29) is 6.42 Å². The molecule has 4 unspecified atom stereocenters. The number of aliphatic hydroxyl groups is 1. The van der Waals surface area contributed by atoms with Crippen LogP contribution in [-0.2, 0) is 24.0 Å². The Bertz CT molecular complexity index is 598. The molecule has 4 atom stereocenters. The first-order chi connectivity index (χ1) is 13.5. The average Bonchev–Trinajstić information content (AvgIpc) is 2.63. The van der Waals surface area contributed by atoms with Gasteiger partial charge < -0.3 is 43.4 Å². The van der Waals surface area contributed by atoms with E-state index in [0.29, 0.717) is 19.4 Å². The molecule has 0 saturated carbocycles. The highest BCUT2D eigenvalue weighted by atomic mass is 16.4. The smallest absolute Gasteiger partial charge is 0.326 e. The quantitative estimate of drug-likeness (QED) is 0.128. The van der Waals surface area contributed by atoms with Crippen LogP contribution in [0.25, 0.3) is 0 Å². The van der Waals surface area contributed by atoms with Crippen LogP contribution >= 0.6 is 0 Å². The third-order valence-corrected chi connectivity index (χ3v) is 3.87. The van der Waals surface area contributed by atoms with E-state index in [1.165, 1.54) is 6.92 Å². The van der Waals surface area contributed by atoms with Crippen LogP contribution in [0.4, 0.5) is 0 Å². The number of nitrogens with one attached hydrogen (secondary N) is 3. The van der Waals surface area contributed by atoms with Gasteiger partial charge in [0.15, 0.2) is 0 Å². The normalized spacial score (nSPS) is 14.8. The Balaban J connectivity index is 5.33. The number of unbranched alkanes of at least 4 members (excludes halogenated alkanes) is 1.